The highest BCUT2D eigenvalue weighted by Gasteiger charge is 2.27. The number of carbonyl (C=O) groups excluding carboxylic acids is 1. The van der Waals surface area contributed by atoms with Crippen LogP contribution in [0.25, 0.3) is 11.0 Å². The molecule has 0 aliphatic carbocycles. The van der Waals surface area contributed by atoms with Crippen LogP contribution in [0.3, 0.4) is 0 Å². The highest BCUT2D eigenvalue weighted by molar-refractivity contribution is 7.89. The van der Waals surface area contributed by atoms with Crippen LogP contribution >= 0.6 is 11.3 Å². The van der Waals surface area contributed by atoms with E-state index in [0.29, 0.717) is 49.7 Å². The maximum absolute atomic E-state index is 12.9. The van der Waals surface area contributed by atoms with Gasteiger partial charge in [0.1, 0.15) is 17.3 Å². The van der Waals surface area contributed by atoms with Crippen LogP contribution < -0.4 is 0 Å². The van der Waals surface area contributed by atoms with Gasteiger partial charge in [0.2, 0.25) is 10.0 Å². The van der Waals surface area contributed by atoms with Crippen molar-refractivity contribution >= 4 is 43.4 Å². The maximum atomic E-state index is 12.9. The molecule has 1 aliphatic rings. The highest BCUT2D eigenvalue weighted by atomic mass is 32.2. The Hall–Kier alpha value is -2.87. The van der Waals surface area contributed by atoms with Gasteiger partial charge in [0.05, 0.1) is 34.1 Å². The molecule has 1 saturated heterocycles. The quantitative estimate of drug-likeness (QED) is 0.286. The summed E-state index contributed by atoms with van der Waals surface area (Å²) in [6.07, 6.45) is 0. The van der Waals surface area contributed by atoms with Crippen LogP contribution in [0.1, 0.15) is 22.4 Å². The number of hydrogen-bond donors (Lipinski definition) is 0. The standard InChI is InChI=1S/C19H20N4O7S2/c1-2-22-15-4-3-13(32(27,28)21-7-9-29-10-8-21)11-14(15)20-17(22)12-30-19(24)16-5-6-18(31-16)23(25)26/h3-6,11H,2,7-10,12H2,1H3. The number of carbonyl (C=O) groups is 1. The zero-order chi connectivity index (χ0) is 22.9. The number of rotatable bonds is 7. The second-order valence-corrected chi connectivity index (χ2v) is 9.91. The lowest BCUT2D eigenvalue weighted by molar-refractivity contribution is -0.380. The van der Waals surface area contributed by atoms with Crippen molar-refractivity contribution in [2.45, 2.75) is 25.0 Å². The summed E-state index contributed by atoms with van der Waals surface area (Å²) in [5.74, 6) is -0.240. The zero-order valence-corrected chi connectivity index (χ0v) is 18.7. The van der Waals surface area contributed by atoms with E-state index in [1.54, 1.807) is 12.1 Å². The van der Waals surface area contributed by atoms with Gasteiger partial charge in [-0.15, -0.1) is 0 Å². The van der Waals surface area contributed by atoms with Gasteiger partial charge in [-0.1, -0.05) is 11.3 Å². The molecule has 32 heavy (non-hydrogen) atoms. The Bertz CT molecular complexity index is 1280. The number of fused-ring (bicyclic) bond motifs is 1. The van der Waals surface area contributed by atoms with Gasteiger partial charge in [-0.3, -0.25) is 10.1 Å². The first-order valence-electron chi connectivity index (χ1n) is 9.79. The van der Waals surface area contributed by atoms with Gasteiger partial charge in [0, 0.05) is 25.7 Å². The molecule has 170 valence electrons. The molecule has 0 atom stereocenters. The second-order valence-electron chi connectivity index (χ2n) is 6.91. The largest absolute Gasteiger partial charge is 0.453 e. The predicted molar refractivity (Wildman–Crippen MR) is 115 cm³/mol. The van der Waals surface area contributed by atoms with Crippen molar-refractivity contribution in [1.29, 1.82) is 0 Å². The summed E-state index contributed by atoms with van der Waals surface area (Å²) in [5, 5.41) is 10.7. The minimum atomic E-state index is -3.67. The van der Waals surface area contributed by atoms with Crippen molar-refractivity contribution in [3.63, 3.8) is 0 Å². The number of nitrogens with zero attached hydrogens (tertiary/aromatic N) is 4. The molecule has 0 radical (unpaired) electrons. The maximum Gasteiger partial charge on any atom is 0.348 e. The van der Waals surface area contributed by atoms with Crippen LogP contribution in [-0.2, 0) is 32.6 Å². The number of esters is 1. The average Bonchev–Trinajstić information content (AvgIpc) is 3.42. The second kappa shape index (κ2) is 8.94. The summed E-state index contributed by atoms with van der Waals surface area (Å²) in [7, 11) is -3.67. The SMILES string of the molecule is CCn1c(COC(=O)c2ccc([N+](=O)[O-])s2)nc2cc(S(=O)(=O)N3CCOCC3)ccc21. The Balaban J connectivity index is 1.57. The molecule has 4 rings (SSSR count). The molecule has 1 aliphatic heterocycles. The Morgan fingerprint density at radius 2 is 2.03 bits per heavy atom. The molecule has 11 nitrogen and oxygen atoms in total. The number of sulfonamides is 1. The van der Waals surface area contributed by atoms with Gasteiger partial charge in [-0.05, 0) is 31.2 Å². The predicted octanol–water partition coefficient (Wildman–Crippen LogP) is 2.40. The highest BCUT2D eigenvalue weighted by Crippen LogP contribution is 2.26. The number of thiophene rings is 1. The first kappa shape index (κ1) is 22.3. The first-order valence-corrected chi connectivity index (χ1v) is 12.1. The lowest BCUT2D eigenvalue weighted by Gasteiger charge is -2.26. The number of benzene rings is 1. The molecule has 0 saturated carbocycles. The molecule has 13 heteroatoms. The minimum absolute atomic E-state index is 0.120. The smallest absolute Gasteiger partial charge is 0.348 e. The van der Waals surface area contributed by atoms with Crippen molar-refractivity contribution in [1.82, 2.24) is 13.9 Å². The lowest BCUT2D eigenvalue weighted by Crippen LogP contribution is -2.40. The molecule has 0 unspecified atom stereocenters. The molecule has 0 spiro atoms. The summed E-state index contributed by atoms with van der Waals surface area (Å²) >= 11 is 0.736. The molecular weight excluding hydrogens is 460 g/mol. The number of aryl methyl sites for hydroxylation is 1. The molecular formula is C19H20N4O7S2. The third kappa shape index (κ3) is 4.24. The van der Waals surface area contributed by atoms with Gasteiger partial charge in [0.15, 0.2) is 0 Å². The number of imidazole rings is 1. The van der Waals surface area contributed by atoms with Gasteiger partial charge < -0.3 is 14.0 Å². The van der Waals surface area contributed by atoms with Crippen molar-refractivity contribution in [2.24, 2.45) is 0 Å². The fourth-order valence-corrected chi connectivity index (χ4v) is 5.60. The van der Waals surface area contributed by atoms with Crippen LogP contribution in [0.5, 0.6) is 0 Å². The number of nitro groups is 1. The van der Waals surface area contributed by atoms with Gasteiger partial charge in [-0.25, -0.2) is 18.2 Å². The Morgan fingerprint density at radius 3 is 2.69 bits per heavy atom. The molecule has 3 heterocycles. The van der Waals surface area contributed by atoms with Gasteiger partial charge in [0.25, 0.3) is 0 Å². The molecule has 3 aromatic rings. The van der Waals surface area contributed by atoms with E-state index in [1.165, 1.54) is 22.5 Å². The normalized spacial score (nSPS) is 15.2. The number of morpholine rings is 1. The number of hydrogen-bond acceptors (Lipinski definition) is 9. The van der Waals surface area contributed by atoms with Crippen LogP contribution in [-0.4, -0.2) is 59.5 Å². The Kier molecular flexibility index (Phi) is 6.24. The molecule has 1 fully saturated rings. The summed E-state index contributed by atoms with van der Waals surface area (Å²) in [4.78, 5) is 27.2. The van der Waals surface area contributed by atoms with E-state index in [9.17, 15) is 23.3 Å². The molecule has 0 N–H and O–H groups in total. The summed E-state index contributed by atoms with van der Waals surface area (Å²) in [5.41, 5.74) is 1.19. The molecule has 1 aromatic carbocycles. The van der Waals surface area contributed by atoms with Gasteiger partial charge >= 0.3 is 11.0 Å². The van der Waals surface area contributed by atoms with E-state index < -0.39 is 20.9 Å². The molecule has 2 aromatic heterocycles. The third-order valence-electron chi connectivity index (χ3n) is 5.03. The van der Waals surface area contributed by atoms with E-state index in [0.717, 1.165) is 11.3 Å². The van der Waals surface area contributed by atoms with Crippen LogP contribution in [0.2, 0.25) is 0 Å². The summed E-state index contributed by atoms with van der Waals surface area (Å²) in [6.45, 7) is 3.58. The van der Waals surface area contributed by atoms with Crippen molar-refractivity contribution in [3.8, 4) is 0 Å². The summed E-state index contributed by atoms with van der Waals surface area (Å²) in [6, 6.07) is 7.34. The molecule has 0 bridgehead atoms. The minimum Gasteiger partial charge on any atom is -0.453 e. The van der Waals surface area contributed by atoms with E-state index in [4.69, 9.17) is 9.47 Å². The van der Waals surface area contributed by atoms with Crippen molar-refractivity contribution in [3.05, 3.63) is 51.1 Å². The van der Waals surface area contributed by atoms with Crippen molar-refractivity contribution < 1.29 is 27.6 Å². The third-order valence-corrected chi connectivity index (χ3v) is 7.94. The van der Waals surface area contributed by atoms with E-state index >= 15 is 0 Å². The summed E-state index contributed by atoms with van der Waals surface area (Å²) < 4.78 is 39.6. The zero-order valence-electron chi connectivity index (χ0n) is 17.1. The Labute approximate surface area is 187 Å². The van der Waals surface area contributed by atoms with E-state index in [2.05, 4.69) is 4.98 Å². The lowest BCUT2D eigenvalue weighted by atomic mass is 10.3. The average molecular weight is 481 g/mol. The van der Waals surface area contributed by atoms with Gasteiger partial charge in [-0.2, -0.15) is 4.31 Å². The van der Waals surface area contributed by atoms with Crippen molar-refractivity contribution in [2.75, 3.05) is 26.3 Å². The fraction of sp³-hybridized carbons (Fsp3) is 0.368. The van der Waals surface area contributed by atoms with E-state index in [-0.39, 0.29) is 21.4 Å². The first-order chi connectivity index (χ1) is 15.3. The van der Waals surface area contributed by atoms with E-state index in [1.807, 2.05) is 11.5 Å². The monoisotopic (exact) mass is 480 g/mol. The molecule has 0 amide bonds. The van der Waals surface area contributed by atoms with Crippen LogP contribution in [0, 0.1) is 10.1 Å². The fourth-order valence-electron chi connectivity index (χ4n) is 3.46. The van der Waals surface area contributed by atoms with Crippen LogP contribution in [0.4, 0.5) is 5.00 Å². The number of ether oxygens (including phenoxy) is 2. The Morgan fingerprint density at radius 1 is 1.28 bits per heavy atom. The van der Waals surface area contributed by atoms with Crippen LogP contribution in [0.15, 0.2) is 35.2 Å². The topological polar surface area (TPSA) is 134 Å². The number of aromatic nitrogens is 2.